The summed E-state index contributed by atoms with van der Waals surface area (Å²) in [4.78, 5) is 4.11. The summed E-state index contributed by atoms with van der Waals surface area (Å²) in [5.41, 5.74) is 2.66. The lowest BCUT2D eigenvalue weighted by Crippen LogP contribution is -2.16. The summed E-state index contributed by atoms with van der Waals surface area (Å²) >= 11 is 0. The van der Waals surface area contributed by atoms with Crippen LogP contribution >= 0.6 is 0 Å². The number of hydrogen-bond donors (Lipinski definition) is 1. The highest BCUT2D eigenvalue weighted by Crippen LogP contribution is 2.17. The number of nitrogens with one attached hydrogen (secondary N) is 1. The van der Waals surface area contributed by atoms with Crippen molar-refractivity contribution in [2.45, 2.75) is 25.8 Å². The molecule has 0 spiro atoms. The molecule has 0 amide bonds. The summed E-state index contributed by atoms with van der Waals surface area (Å²) in [6.45, 7) is 4.21. The van der Waals surface area contributed by atoms with E-state index >= 15 is 0 Å². The molecular formula is C16H20N2. The molecule has 2 heteroatoms. The van der Waals surface area contributed by atoms with Gasteiger partial charge >= 0.3 is 0 Å². The van der Waals surface area contributed by atoms with Crippen molar-refractivity contribution >= 4 is 0 Å². The fourth-order valence-corrected chi connectivity index (χ4v) is 2.00. The highest BCUT2D eigenvalue weighted by Gasteiger charge is 2.03. The van der Waals surface area contributed by atoms with Crippen LogP contribution in [0.2, 0.25) is 0 Å². The van der Waals surface area contributed by atoms with E-state index in [-0.39, 0.29) is 0 Å². The Morgan fingerprint density at radius 1 is 1.11 bits per heavy atom. The summed E-state index contributed by atoms with van der Waals surface area (Å²) in [6, 6.07) is 14.8. The molecule has 0 saturated heterocycles. The average molecular weight is 240 g/mol. The van der Waals surface area contributed by atoms with Gasteiger partial charge in [0.2, 0.25) is 0 Å². The molecule has 2 nitrogen and oxygen atoms in total. The molecule has 18 heavy (non-hydrogen) atoms. The topological polar surface area (TPSA) is 24.9 Å². The maximum atomic E-state index is 4.11. The molecule has 0 saturated carbocycles. The minimum absolute atomic E-state index is 0.604. The van der Waals surface area contributed by atoms with Crippen molar-refractivity contribution in [2.24, 2.45) is 0 Å². The molecule has 1 aromatic carbocycles. The molecular weight excluding hydrogens is 220 g/mol. The van der Waals surface area contributed by atoms with Crippen molar-refractivity contribution < 1.29 is 0 Å². The molecule has 2 aromatic rings. The summed E-state index contributed by atoms with van der Waals surface area (Å²) in [5.74, 6) is 0.604. The second-order valence-corrected chi connectivity index (χ2v) is 4.64. The van der Waals surface area contributed by atoms with Gasteiger partial charge in [0.1, 0.15) is 0 Å². The lowest BCUT2D eigenvalue weighted by Gasteiger charge is -2.12. The van der Waals surface area contributed by atoms with E-state index in [0.29, 0.717) is 5.92 Å². The highest BCUT2D eigenvalue weighted by molar-refractivity contribution is 5.18. The maximum Gasteiger partial charge on any atom is 0.0312 e. The van der Waals surface area contributed by atoms with E-state index in [4.69, 9.17) is 0 Å². The number of nitrogens with zero attached hydrogens (tertiary/aromatic N) is 1. The fourth-order valence-electron chi connectivity index (χ4n) is 2.00. The van der Waals surface area contributed by atoms with Crippen LogP contribution < -0.4 is 5.32 Å². The van der Waals surface area contributed by atoms with E-state index in [9.17, 15) is 0 Å². The first-order valence-corrected chi connectivity index (χ1v) is 6.51. The van der Waals surface area contributed by atoms with Gasteiger partial charge in [0.15, 0.2) is 0 Å². The van der Waals surface area contributed by atoms with E-state index in [2.05, 4.69) is 53.6 Å². The standard InChI is InChI=1S/C16H20N2/c1-14(16-7-3-2-4-8-16)9-11-18-13-15-6-5-10-17-12-15/h2-8,10,12,14,18H,9,11,13H2,1H3. The Bertz CT molecular complexity index is 439. The lowest BCUT2D eigenvalue weighted by atomic mass is 9.98. The minimum atomic E-state index is 0.604. The largest absolute Gasteiger partial charge is 0.313 e. The van der Waals surface area contributed by atoms with Crippen LogP contribution in [0.3, 0.4) is 0 Å². The van der Waals surface area contributed by atoms with E-state index < -0.39 is 0 Å². The normalized spacial score (nSPS) is 12.3. The Kier molecular flexibility index (Phi) is 4.91. The van der Waals surface area contributed by atoms with Gasteiger partial charge in [-0.2, -0.15) is 0 Å². The molecule has 0 bridgehead atoms. The van der Waals surface area contributed by atoms with E-state index in [1.165, 1.54) is 11.1 Å². The second kappa shape index (κ2) is 6.92. The molecule has 2 rings (SSSR count). The SMILES string of the molecule is CC(CCNCc1cccnc1)c1ccccc1. The Morgan fingerprint density at radius 3 is 2.67 bits per heavy atom. The summed E-state index contributed by atoms with van der Waals surface area (Å²) in [7, 11) is 0. The van der Waals surface area contributed by atoms with Crippen molar-refractivity contribution in [3.8, 4) is 0 Å². The van der Waals surface area contributed by atoms with Gasteiger partial charge in [-0.05, 0) is 36.1 Å². The molecule has 0 aliphatic carbocycles. The maximum absolute atomic E-state index is 4.11. The first kappa shape index (κ1) is 12.8. The zero-order valence-corrected chi connectivity index (χ0v) is 10.8. The van der Waals surface area contributed by atoms with Gasteiger partial charge in [-0.15, -0.1) is 0 Å². The summed E-state index contributed by atoms with van der Waals surface area (Å²) in [5, 5.41) is 3.46. The Hall–Kier alpha value is -1.67. The third kappa shape index (κ3) is 3.97. The van der Waals surface area contributed by atoms with E-state index in [0.717, 1.165) is 19.5 Å². The fraction of sp³-hybridized carbons (Fsp3) is 0.312. The first-order chi connectivity index (χ1) is 8.86. The van der Waals surface area contributed by atoms with Crippen LogP contribution in [-0.4, -0.2) is 11.5 Å². The third-order valence-electron chi connectivity index (χ3n) is 3.17. The summed E-state index contributed by atoms with van der Waals surface area (Å²) < 4.78 is 0. The van der Waals surface area contributed by atoms with Crippen molar-refractivity contribution in [3.63, 3.8) is 0 Å². The molecule has 94 valence electrons. The zero-order chi connectivity index (χ0) is 12.6. The Labute approximate surface area is 109 Å². The molecule has 1 unspecified atom stereocenters. The number of rotatable bonds is 6. The molecule has 0 radical (unpaired) electrons. The van der Waals surface area contributed by atoms with Crippen molar-refractivity contribution in [2.75, 3.05) is 6.54 Å². The monoisotopic (exact) mass is 240 g/mol. The van der Waals surface area contributed by atoms with Crippen LogP contribution in [0.25, 0.3) is 0 Å². The molecule has 0 aliphatic heterocycles. The van der Waals surface area contributed by atoms with Gasteiger partial charge in [-0.1, -0.05) is 43.3 Å². The van der Waals surface area contributed by atoms with Gasteiger partial charge in [-0.3, -0.25) is 4.98 Å². The zero-order valence-electron chi connectivity index (χ0n) is 10.8. The van der Waals surface area contributed by atoms with Crippen LogP contribution in [0.4, 0.5) is 0 Å². The van der Waals surface area contributed by atoms with E-state index in [1.807, 2.05) is 12.3 Å². The second-order valence-electron chi connectivity index (χ2n) is 4.64. The van der Waals surface area contributed by atoms with E-state index in [1.54, 1.807) is 6.20 Å². The first-order valence-electron chi connectivity index (χ1n) is 6.51. The number of hydrogen-bond acceptors (Lipinski definition) is 2. The molecule has 0 aliphatic rings. The number of benzene rings is 1. The Balaban J connectivity index is 1.70. The smallest absolute Gasteiger partial charge is 0.0312 e. The van der Waals surface area contributed by atoms with Crippen LogP contribution in [-0.2, 0) is 6.54 Å². The minimum Gasteiger partial charge on any atom is -0.313 e. The average Bonchev–Trinajstić information content (AvgIpc) is 2.45. The molecule has 1 atom stereocenters. The van der Waals surface area contributed by atoms with Crippen molar-refractivity contribution in [3.05, 3.63) is 66.0 Å². The Morgan fingerprint density at radius 2 is 1.94 bits per heavy atom. The van der Waals surface area contributed by atoms with Gasteiger partial charge < -0.3 is 5.32 Å². The third-order valence-corrected chi connectivity index (χ3v) is 3.17. The van der Waals surface area contributed by atoms with Crippen molar-refractivity contribution in [1.29, 1.82) is 0 Å². The van der Waals surface area contributed by atoms with Crippen LogP contribution in [0.15, 0.2) is 54.9 Å². The van der Waals surface area contributed by atoms with Gasteiger partial charge in [0, 0.05) is 18.9 Å². The lowest BCUT2D eigenvalue weighted by molar-refractivity contribution is 0.594. The van der Waals surface area contributed by atoms with Gasteiger partial charge in [-0.25, -0.2) is 0 Å². The molecule has 0 fully saturated rings. The van der Waals surface area contributed by atoms with Gasteiger partial charge in [0.05, 0.1) is 0 Å². The highest BCUT2D eigenvalue weighted by atomic mass is 14.8. The molecule has 1 N–H and O–H groups in total. The van der Waals surface area contributed by atoms with Crippen molar-refractivity contribution in [1.82, 2.24) is 10.3 Å². The number of aromatic nitrogens is 1. The quantitative estimate of drug-likeness (QED) is 0.783. The molecule has 1 heterocycles. The predicted octanol–water partition coefficient (Wildman–Crippen LogP) is 3.37. The summed E-state index contributed by atoms with van der Waals surface area (Å²) in [6.07, 6.45) is 4.87. The van der Waals surface area contributed by atoms with Crippen LogP contribution in [0, 0.1) is 0 Å². The number of pyridine rings is 1. The van der Waals surface area contributed by atoms with Crippen LogP contribution in [0.5, 0.6) is 0 Å². The van der Waals surface area contributed by atoms with Gasteiger partial charge in [0.25, 0.3) is 0 Å². The predicted molar refractivity (Wildman–Crippen MR) is 75.4 cm³/mol. The molecule has 1 aromatic heterocycles. The van der Waals surface area contributed by atoms with Crippen LogP contribution in [0.1, 0.15) is 30.4 Å².